The summed E-state index contributed by atoms with van der Waals surface area (Å²) in [7, 11) is 0. The number of carbonyl (C=O) groups excluding carboxylic acids is 2. The van der Waals surface area contributed by atoms with Gasteiger partial charge in [-0.25, -0.2) is 0 Å². The van der Waals surface area contributed by atoms with Gasteiger partial charge in [-0.15, -0.1) is 0 Å². The van der Waals surface area contributed by atoms with E-state index in [0.29, 0.717) is 11.3 Å². The SMILES string of the molecule is Cc1ccc(C(=O)Nc2cnn3c2C(=O)N(c2ccc(C(F)(F)F)cc2)C[C@@H]3C)cn1.S. The number of rotatable bonds is 3. The Bertz CT molecular complexity index is 1140. The van der Waals surface area contributed by atoms with Gasteiger partial charge in [0.05, 0.1) is 29.1 Å². The number of nitrogens with one attached hydrogen (secondary N) is 1. The van der Waals surface area contributed by atoms with Crippen molar-refractivity contribution < 1.29 is 22.8 Å². The van der Waals surface area contributed by atoms with E-state index in [1.54, 1.807) is 19.1 Å². The van der Waals surface area contributed by atoms with E-state index in [2.05, 4.69) is 15.4 Å². The molecular weight excluding hydrogens is 443 g/mol. The Morgan fingerprint density at radius 2 is 1.81 bits per heavy atom. The highest BCUT2D eigenvalue weighted by Gasteiger charge is 2.35. The van der Waals surface area contributed by atoms with Gasteiger partial charge in [0.2, 0.25) is 0 Å². The highest BCUT2D eigenvalue weighted by Crippen LogP contribution is 2.33. The minimum absolute atomic E-state index is 0. The van der Waals surface area contributed by atoms with E-state index in [9.17, 15) is 22.8 Å². The third-order valence-corrected chi connectivity index (χ3v) is 5.04. The Balaban J connectivity index is 0.00000289. The van der Waals surface area contributed by atoms with Crippen LogP contribution in [-0.2, 0) is 6.18 Å². The lowest BCUT2D eigenvalue weighted by Gasteiger charge is -2.32. The summed E-state index contributed by atoms with van der Waals surface area (Å²) < 4.78 is 40.1. The lowest BCUT2D eigenvalue weighted by atomic mass is 10.1. The summed E-state index contributed by atoms with van der Waals surface area (Å²) in [6, 6.07) is 7.46. The molecule has 7 nitrogen and oxygen atoms in total. The van der Waals surface area contributed by atoms with Gasteiger partial charge in [0.1, 0.15) is 0 Å². The van der Waals surface area contributed by atoms with Crippen LogP contribution in [0.2, 0.25) is 0 Å². The molecule has 0 aliphatic carbocycles. The van der Waals surface area contributed by atoms with Crippen LogP contribution in [0.25, 0.3) is 0 Å². The predicted molar refractivity (Wildman–Crippen MR) is 117 cm³/mol. The Morgan fingerprint density at radius 1 is 1.12 bits per heavy atom. The molecule has 0 unspecified atom stereocenters. The first-order valence-electron chi connectivity index (χ1n) is 9.46. The molecule has 1 aliphatic heterocycles. The fraction of sp³-hybridized carbons (Fsp3) is 0.238. The number of aryl methyl sites for hydroxylation is 1. The van der Waals surface area contributed by atoms with Crippen molar-refractivity contribution >= 4 is 36.7 Å². The number of fused-ring (bicyclic) bond motifs is 1. The lowest BCUT2D eigenvalue weighted by molar-refractivity contribution is -0.137. The highest BCUT2D eigenvalue weighted by molar-refractivity contribution is 7.59. The first-order chi connectivity index (χ1) is 14.6. The average molecular weight is 463 g/mol. The molecule has 3 aromatic rings. The van der Waals surface area contributed by atoms with Crippen molar-refractivity contribution in [3.8, 4) is 0 Å². The van der Waals surface area contributed by atoms with Crippen LogP contribution in [0.3, 0.4) is 0 Å². The molecule has 0 saturated heterocycles. The molecule has 2 aromatic heterocycles. The number of aromatic nitrogens is 3. The molecule has 0 bridgehead atoms. The summed E-state index contributed by atoms with van der Waals surface area (Å²) >= 11 is 0. The number of amides is 2. The van der Waals surface area contributed by atoms with Crippen molar-refractivity contribution in [2.24, 2.45) is 0 Å². The Morgan fingerprint density at radius 3 is 2.41 bits per heavy atom. The minimum atomic E-state index is -4.46. The number of hydrogen-bond donors (Lipinski definition) is 1. The van der Waals surface area contributed by atoms with Crippen LogP contribution in [0.4, 0.5) is 24.5 Å². The smallest absolute Gasteiger partial charge is 0.319 e. The fourth-order valence-electron chi connectivity index (χ4n) is 3.40. The van der Waals surface area contributed by atoms with Gasteiger partial charge in [0.15, 0.2) is 5.69 Å². The van der Waals surface area contributed by atoms with E-state index in [4.69, 9.17) is 0 Å². The van der Waals surface area contributed by atoms with E-state index in [1.165, 1.54) is 34.1 Å². The minimum Gasteiger partial charge on any atom is -0.319 e. The molecule has 0 radical (unpaired) electrons. The second-order valence-electron chi connectivity index (χ2n) is 7.30. The quantitative estimate of drug-likeness (QED) is 0.632. The van der Waals surface area contributed by atoms with E-state index >= 15 is 0 Å². The molecule has 0 spiro atoms. The van der Waals surface area contributed by atoms with Crippen LogP contribution in [0, 0.1) is 6.92 Å². The summed E-state index contributed by atoms with van der Waals surface area (Å²) in [5.74, 6) is -0.914. The van der Waals surface area contributed by atoms with Crippen LogP contribution >= 0.6 is 13.5 Å². The van der Waals surface area contributed by atoms with Crippen LogP contribution in [0.1, 0.15) is 45.1 Å². The number of benzene rings is 1. The van der Waals surface area contributed by atoms with Crippen molar-refractivity contribution in [1.82, 2.24) is 14.8 Å². The third-order valence-electron chi connectivity index (χ3n) is 5.04. The van der Waals surface area contributed by atoms with Gasteiger partial charge in [0, 0.05) is 24.1 Å². The summed E-state index contributed by atoms with van der Waals surface area (Å²) in [4.78, 5) is 31.2. The number of halogens is 3. The lowest BCUT2D eigenvalue weighted by Crippen LogP contribution is -2.43. The number of hydrogen-bond acceptors (Lipinski definition) is 4. The number of alkyl halides is 3. The van der Waals surface area contributed by atoms with Gasteiger partial charge < -0.3 is 10.2 Å². The van der Waals surface area contributed by atoms with Gasteiger partial charge in [0.25, 0.3) is 11.8 Å². The first kappa shape index (κ1) is 23.3. The molecule has 2 amide bonds. The van der Waals surface area contributed by atoms with Crippen LogP contribution in [0.5, 0.6) is 0 Å². The zero-order valence-corrected chi connectivity index (χ0v) is 18.1. The molecule has 0 fully saturated rings. The van der Waals surface area contributed by atoms with E-state index in [1.807, 2.05) is 6.92 Å². The van der Waals surface area contributed by atoms with Crippen LogP contribution in [-0.4, -0.2) is 33.1 Å². The fourth-order valence-corrected chi connectivity index (χ4v) is 3.40. The molecule has 168 valence electrons. The summed E-state index contributed by atoms with van der Waals surface area (Å²) in [6.45, 7) is 3.86. The van der Waals surface area contributed by atoms with Crippen LogP contribution < -0.4 is 10.2 Å². The third kappa shape index (κ3) is 4.33. The number of carbonyl (C=O) groups is 2. The second kappa shape index (κ2) is 8.65. The zero-order chi connectivity index (χ0) is 22.3. The predicted octanol–water partition coefficient (Wildman–Crippen LogP) is 4.19. The van der Waals surface area contributed by atoms with Crippen molar-refractivity contribution in [2.45, 2.75) is 26.1 Å². The van der Waals surface area contributed by atoms with Gasteiger partial charge in [-0.2, -0.15) is 31.8 Å². The zero-order valence-electron chi connectivity index (χ0n) is 17.1. The molecule has 32 heavy (non-hydrogen) atoms. The number of pyridine rings is 1. The molecule has 0 saturated carbocycles. The van der Waals surface area contributed by atoms with Crippen molar-refractivity contribution in [1.29, 1.82) is 0 Å². The molecule has 3 heterocycles. The molecule has 1 aliphatic rings. The van der Waals surface area contributed by atoms with Gasteiger partial charge in [-0.1, -0.05) is 0 Å². The Labute approximate surface area is 188 Å². The molecule has 1 atom stereocenters. The maximum absolute atomic E-state index is 13.2. The van der Waals surface area contributed by atoms with Gasteiger partial charge in [-0.3, -0.25) is 19.3 Å². The Hall–Kier alpha value is -3.34. The van der Waals surface area contributed by atoms with E-state index < -0.39 is 23.6 Å². The van der Waals surface area contributed by atoms with Gasteiger partial charge in [-0.05, 0) is 50.2 Å². The monoisotopic (exact) mass is 463 g/mol. The van der Waals surface area contributed by atoms with Gasteiger partial charge >= 0.3 is 6.18 Å². The van der Waals surface area contributed by atoms with E-state index in [-0.39, 0.29) is 37.5 Å². The first-order valence-corrected chi connectivity index (χ1v) is 9.46. The summed E-state index contributed by atoms with van der Waals surface area (Å²) in [5.41, 5.74) is 0.999. The van der Waals surface area contributed by atoms with Crippen LogP contribution in [0.15, 0.2) is 48.8 Å². The highest BCUT2D eigenvalue weighted by atomic mass is 32.1. The maximum atomic E-state index is 13.2. The molecular formula is C21H20F3N5O2S. The van der Waals surface area contributed by atoms with Crippen molar-refractivity contribution in [3.05, 3.63) is 71.3 Å². The largest absolute Gasteiger partial charge is 0.416 e. The standard InChI is InChI=1S/C21H18F3N5O2.H2S/c1-12-3-4-14(9-25-12)19(30)27-17-10-26-29-13(2)11-28(20(31)18(17)29)16-7-5-15(6-8-16)21(22,23)24;/h3-10,13H,11H2,1-2H3,(H,27,30);1H2/t13-;/m0./s1. The topological polar surface area (TPSA) is 80.1 Å². The molecule has 1 N–H and O–H groups in total. The normalized spacial score (nSPS) is 15.7. The maximum Gasteiger partial charge on any atom is 0.416 e. The second-order valence-corrected chi connectivity index (χ2v) is 7.30. The molecule has 4 rings (SSSR count). The van der Waals surface area contributed by atoms with E-state index in [0.717, 1.165) is 17.8 Å². The Kier molecular flexibility index (Phi) is 6.31. The van der Waals surface area contributed by atoms with Crippen molar-refractivity contribution in [3.63, 3.8) is 0 Å². The average Bonchev–Trinajstić information content (AvgIpc) is 3.15. The molecule has 11 heteroatoms. The summed E-state index contributed by atoms with van der Waals surface area (Å²) in [5, 5.41) is 6.89. The van der Waals surface area contributed by atoms with Crippen molar-refractivity contribution in [2.75, 3.05) is 16.8 Å². The molecule has 1 aromatic carbocycles. The number of anilines is 2. The number of nitrogens with zero attached hydrogens (tertiary/aromatic N) is 4. The summed E-state index contributed by atoms with van der Waals surface area (Å²) in [6.07, 6.45) is -1.64.